The van der Waals surface area contributed by atoms with E-state index in [1.807, 2.05) is 0 Å². The van der Waals surface area contributed by atoms with Crippen molar-refractivity contribution >= 4 is 19.8 Å². The molecular weight excluding hydrogens is 978 g/mol. The van der Waals surface area contributed by atoms with Crippen LogP contribution in [0.15, 0.2) is 182 Å². The maximum Gasteiger partial charge on any atom is 0.472 e. The Kier molecular flexibility index (Phi) is 56.5. The fourth-order valence-electron chi connectivity index (χ4n) is 7.04. The molecular formula is C67H104NO8P. The van der Waals surface area contributed by atoms with Crippen LogP contribution in [0.1, 0.15) is 194 Å². The third-order valence-corrected chi connectivity index (χ3v) is 12.3. The lowest BCUT2D eigenvalue weighted by Crippen LogP contribution is -2.29. The summed E-state index contributed by atoms with van der Waals surface area (Å²) in [7, 11) is -4.42. The number of nitrogens with two attached hydrogens (primary N) is 1. The SMILES string of the molecule is CC/C=C\C/C=C\C/C=C\C/C=C\C/C=C\C/C=C\C/C=C\C/C=C\CCCCCCC(=O)OC(COC(=O)CCCCCCC/C=C\C/C=C\C/C=C\C/C=C\C/C=C\C/C=C\C/C=C\CC)COP(=O)(O)OCCN. The second-order valence-electron chi connectivity index (χ2n) is 18.4. The van der Waals surface area contributed by atoms with Crippen LogP contribution in [-0.2, 0) is 32.7 Å². The zero-order valence-electron chi connectivity index (χ0n) is 47.9. The van der Waals surface area contributed by atoms with E-state index in [1.165, 1.54) is 0 Å². The van der Waals surface area contributed by atoms with Crippen LogP contribution < -0.4 is 5.73 Å². The molecule has 0 aliphatic heterocycles. The normalized spacial score (nSPS) is 14.4. The molecule has 10 heteroatoms. The third kappa shape index (κ3) is 60.2. The number of phosphoric ester groups is 1. The van der Waals surface area contributed by atoms with Gasteiger partial charge in [-0.25, -0.2) is 4.57 Å². The first kappa shape index (κ1) is 72.1. The van der Waals surface area contributed by atoms with Crippen molar-refractivity contribution in [3.63, 3.8) is 0 Å². The minimum absolute atomic E-state index is 0.0344. The molecule has 0 spiro atoms. The lowest BCUT2D eigenvalue weighted by Gasteiger charge is -2.19. The van der Waals surface area contributed by atoms with E-state index >= 15 is 0 Å². The molecule has 0 saturated carbocycles. The largest absolute Gasteiger partial charge is 0.472 e. The summed E-state index contributed by atoms with van der Waals surface area (Å²) < 4.78 is 33.0. The van der Waals surface area contributed by atoms with Gasteiger partial charge in [0.25, 0.3) is 0 Å². The fraction of sp³-hybridized carbons (Fsp3) is 0.522. The Morgan fingerprint density at radius 2 is 0.675 bits per heavy atom. The van der Waals surface area contributed by atoms with Gasteiger partial charge in [0.15, 0.2) is 6.10 Å². The van der Waals surface area contributed by atoms with Gasteiger partial charge in [0.05, 0.1) is 13.2 Å². The molecule has 0 saturated heterocycles. The Labute approximate surface area is 469 Å². The van der Waals surface area contributed by atoms with Crippen molar-refractivity contribution in [1.82, 2.24) is 0 Å². The first-order valence-corrected chi connectivity index (χ1v) is 30.8. The number of carbonyl (C=O) groups is 2. The summed E-state index contributed by atoms with van der Waals surface area (Å²) in [6.45, 7) is 3.43. The topological polar surface area (TPSA) is 134 Å². The molecule has 0 aliphatic rings. The minimum atomic E-state index is -4.42. The number of allylic oxidation sites excluding steroid dienone is 30. The molecule has 0 radical (unpaired) electrons. The summed E-state index contributed by atoms with van der Waals surface area (Å²) in [5.74, 6) is -0.898. The summed E-state index contributed by atoms with van der Waals surface area (Å²) in [6, 6.07) is 0. The van der Waals surface area contributed by atoms with Gasteiger partial charge in [-0.1, -0.05) is 228 Å². The highest BCUT2D eigenvalue weighted by Crippen LogP contribution is 2.43. The van der Waals surface area contributed by atoms with Gasteiger partial charge in [-0.15, -0.1) is 0 Å². The summed E-state index contributed by atoms with van der Waals surface area (Å²) in [5.41, 5.74) is 5.38. The highest BCUT2D eigenvalue weighted by molar-refractivity contribution is 7.47. The van der Waals surface area contributed by atoms with Crippen LogP contribution in [-0.4, -0.2) is 49.3 Å². The van der Waals surface area contributed by atoms with Crippen LogP contribution in [0.3, 0.4) is 0 Å². The predicted molar refractivity (Wildman–Crippen MR) is 329 cm³/mol. The summed E-state index contributed by atoms with van der Waals surface area (Å²) in [4.78, 5) is 35.2. The lowest BCUT2D eigenvalue weighted by atomic mass is 10.1. The van der Waals surface area contributed by atoms with E-state index in [1.54, 1.807) is 0 Å². The number of phosphoric acid groups is 1. The lowest BCUT2D eigenvalue weighted by molar-refractivity contribution is -0.161. The molecule has 0 amide bonds. The smallest absolute Gasteiger partial charge is 0.462 e. The Hall–Kier alpha value is -4.89. The molecule has 0 bridgehead atoms. The number of unbranched alkanes of at least 4 members (excludes halogenated alkanes) is 9. The third-order valence-electron chi connectivity index (χ3n) is 11.3. The number of ether oxygens (including phenoxy) is 2. The molecule has 0 fully saturated rings. The van der Waals surface area contributed by atoms with E-state index in [2.05, 4.69) is 196 Å². The van der Waals surface area contributed by atoms with E-state index in [9.17, 15) is 19.0 Å². The number of hydrogen-bond donors (Lipinski definition) is 2. The fourth-order valence-corrected chi connectivity index (χ4v) is 7.81. The van der Waals surface area contributed by atoms with Gasteiger partial charge in [-0.3, -0.25) is 18.6 Å². The Balaban J connectivity index is 4.17. The van der Waals surface area contributed by atoms with Gasteiger partial charge < -0.3 is 20.1 Å². The van der Waals surface area contributed by atoms with Crippen molar-refractivity contribution in [1.29, 1.82) is 0 Å². The molecule has 2 atom stereocenters. The first-order chi connectivity index (χ1) is 37.8. The van der Waals surface area contributed by atoms with E-state index in [0.717, 1.165) is 154 Å². The number of esters is 2. The van der Waals surface area contributed by atoms with Gasteiger partial charge in [0, 0.05) is 19.4 Å². The molecule has 0 aromatic carbocycles. The standard InChI is InChI=1S/C67H104NO8P/c1-3-5-7-9-11-13-15-17-19-21-23-25-27-29-31-32-34-36-38-40-42-44-46-48-50-52-54-56-58-60-67(70)76-65(64-75-77(71,72)74-62-61-68)63-73-66(69)59-57-55-53-51-49-47-45-43-41-39-37-35-33-30-28-26-24-22-20-18-16-14-12-10-8-6-4-2/h5-8,11-14,17-20,23-26,29-31,33-34,36-37,39-40,42-43,45-46,48,65H,3-4,9-10,15-16,21-22,27-28,32,35,38,41,44,47,49-64,68H2,1-2H3,(H,71,72)/b7-5-,8-6-,13-11-,14-12-,19-17-,20-18-,25-23-,26-24-,31-29-,33-30-,36-34-,39-37-,42-40-,45-43-,48-46-. The van der Waals surface area contributed by atoms with E-state index in [0.29, 0.717) is 12.8 Å². The van der Waals surface area contributed by atoms with Crippen molar-refractivity contribution in [2.75, 3.05) is 26.4 Å². The highest BCUT2D eigenvalue weighted by atomic mass is 31.2. The average molecular weight is 1080 g/mol. The summed E-state index contributed by atoms with van der Waals surface area (Å²) in [5, 5.41) is 0. The molecule has 0 aliphatic carbocycles. The Bertz CT molecular complexity index is 1910. The average Bonchev–Trinajstić information content (AvgIpc) is 3.42. The molecule has 430 valence electrons. The number of carbonyl (C=O) groups excluding carboxylic acids is 2. The minimum Gasteiger partial charge on any atom is -0.462 e. The first-order valence-electron chi connectivity index (χ1n) is 29.3. The molecule has 0 rings (SSSR count). The van der Waals surface area contributed by atoms with Crippen LogP contribution >= 0.6 is 7.82 Å². The van der Waals surface area contributed by atoms with Gasteiger partial charge >= 0.3 is 19.8 Å². The van der Waals surface area contributed by atoms with Gasteiger partial charge in [-0.05, 0) is 135 Å². The molecule has 0 aromatic heterocycles. The van der Waals surface area contributed by atoms with Crippen LogP contribution in [0.2, 0.25) is 0 Å². The van der Waals surface area contributed by atoms with E-state index in [-0.39, 0.29) is 32.6 Å². The summed E-state index contributed by atoms with van der Waals surface area (Å²) in [6.07, 6.45) is 90.8. The van der Waals surface area contributed by atoms with Crippen LogP contribution in [0, 0.1) is 0 Å². The van der Waals surface area contributed by atoms with E-state index < -0.39 is 32.5 Å². The van der Waals surface area contributed by atoms with Gasteiger partial charge in [-0.2, -0.15) is 0 Å². The van der Waals surface area contributed by atoms with E-state index in [4.69, 9.17) is 24.3 Å². The second kappa shape index (κ2) is 60.3. The van der Waals surface area contributed by atoms with Crippen LogP contribution in [0.5, 0.6) is 0 Å². The number of hydrogen-bond acceptors (Lipinski definition) is 8. The van der Waals surface area contributed by atoms with Crippen molar-refractivity contribution in [3.05, 3.63) is 182 Å². The molecule has 0 aromatic rings. The highest BCUT2D eigenvalue weighted by Gasteiger charge is 2.26. The molecule has 0 heterocycles. The maximum absolute atomic E-state index is 12.7. The Morgan fingerprint density at radius 1 is 0.390 bits per heavy atom. The molecule has 77 heavy (non-hydrogen) atoms. The Morgan fingerprint density at radius 3 is 1.00 bits per heavy atom. The maximum atomic E-state index is 12.7. The second-order valence-corrected chi connectivity index (χ2v) is 19.8. The van der Waals surface area contributed by atoms with Gasteiger partial charge in [0.2, 0.25) is 0 Å². The monoisotopic (exact) mass is 1080 g/mol. The zero-order valence-corrected chi connectivity index (χ0v) is 48.7. The summed E-state index contributed by atoms with van der Waals surface area (Å²) >= 11 is 0. The van der Waals surface area contributed by atoms with Gasteiger partial charge in [0.1, 0.15) is 6.61 Å². The van der Waals surface area contributed by atoms with Crippen LogP contribution in [0.25, 0.3) is 0 Å². The van der Waals surface area contributed by atoms with Crippen LogP contribution in [0.4, 0.5) is 0 Å². The van der Waals surface area contributed by atoms with Crippen molar-refractivity contribution in [2.45, 2.75) is 200 Å². The molecule has 9 nitrogen and oxygen atoms in total. The molecule has 2 unspecified atom stereocenters. The van der Waals surface area contributed by atoms with Crippen molar-refractivity contribution < 1.29 is 37.6 Å². The molecule has 3 N–H and O–H groups in total. The quantitative estimate of drug-likeness (QED) is 0.0264. The predicted octanol–water partition coefficient (Wildman–Crippen LogP) is 18.8. The van der Waals surface area contributed by atoms with Crippen molar-refractivity contribution in [2.24, 2.45) is 5.73 Å². The van der Waals surface area contributed by atoms with Crippen molar-refractivity contribution in [3.8, 4) is 0 Å². The number of rotatable bonds is 52. The zero-order chi connectivity index (χ0) is 55.9.